The van der Waals surface area contributed by atoms with E-state index in [0.29, 0.717) is 26.2 Å². The van der Waals surface area contributed by atoms with Gasteiger partial charge in [0.25, 0.3) is 0 Å². The number of nitrogens with one attached hydrogen (secondary N) is 2. The zero-order valence-electron chi connectivity index (χ0n) is 10.5. The fraction of sp³-hybridized carbons (Fsp3) is 0.545. The van der Waals surface area contributed by atoms with Crippen LogP contribution in [0.2, 0.25) is 0 Å². The van der Waals surface area contributed by atoms with E-state index in [1.807, 2.05) is 6.92 Å². The molecule has 0 bridgehead atoms. The third-order valence-electron chi connectivity index (χ3n) is 2.28. The third-order valence-corrected chi connectivity index (χ3v) is 2.28. The number of nitrogens with zero attached hydrogens (tertiary/aromatic N) is 1. The van der Waals surface area contributed by atoms with Gasteiger partial charge in [-0.05, 0) is 25.5 Å². The molecule has 0 aliphatic rings. The van der Waals surface area contributed by atoms with Crippen molar-refractivity contribution in [2.24, 2.45) is 5.84 Å². The van der Waals surface area contributed by atoms with Gasteiger partial charge >= 0.3 is 6.18 Å². The number of halogens is 3. The number of hydrogen-bond acceptors (Lipinski definition) is 5. The van der Waals surface area contributed by atoms with E-state index in [0.717, 1.165) is 12.1 Å². The van der Waals surface area contributed by atoms with Gasteiger partial charge in [-0.15, -0.1) is 0 Å². The first-order chi connectivity index (χ1) is 8.97. The van der Waals surface area contributed by atoms with Crippen molar-refractivity contribution >= 4 is 11.6 Å². The van der Waals surface area contributed by atoms with E-state index in [4.69, 9.17) is 10.6 Å². The first-order valence-electron chi connectivity index (χ1n) is 5.85. The molecule has 0 amide bonds. The van der Waals surface area contributed by atoms with Crippen LogP contribution in [0.4, 0.5) is 24.8 Å². The highest BCUT2D eigenvalue weighted by molar-refractivity contribution is 5.49. The van der Waals surface area contributed by atoms with Crippen molar-refractivity contribution in [3.05, 3.63) is 17.7 Å². The summed E-state index contributed by atoms with van der Waals surface area (Å²) in [6.45, 7) is 3.51. The van der Waals surface area contributed by atoms with Crippen LogP contribution in [0.15, 0.2) is 12.1 Å². The Kier molecular flexibility index (Phi) is 5.84. The van der Waals surface area contributed by atoms with E-state index in [2.05, 4.69) is 15.7 Å². The lowest BCUT2D eigenvalue weighted by Gasteiger charge is -2.12. The standard InChI is InChI=1S/C11H17F3N4O/c1-2-19-5-3-4-16-9-6-8(11(12,13)14)7-10(17-9)18-15/h6-7H,2-5,15H2,1H3,(H2,16,17,18). The number of hydrazine groups is 1. The van der Waals surface area contributed by atoms with Gasteiger partial charge in [-0.25, -0.2) is 10.8 Å². The van der Waals surface area contributed by atoms with Gasteiger partial charge in [-0.2, -0.15) is 13.2 Å². The monoisotopic (exact) mass is 278 g/mol. The number of aromatic nitrogens is 1. The molecule has 4 N–H and O–H groups in total. The third kappa shape index (κ3) is 5.31. The van der Waals surface area contributed by atoms with Crippen LogP contribution in [-0.2, 0) is 10.9 Å². The average Bonchev–Trinajstić information content (AvgIpc) is 2.37. The Balaban J connectivity index is 2.67. The number of rotatable bonds is 7. The number of pyridine rings is 1. The average molecular weight is 278 g/mol. The van der Waals surface area contributed by atoms with E-state index in [9.17, 15) is 13.2 Å². The first kappa shape index (κ1) is 15.5. The molecule has 1 rings (SSSR count). The predicted octanol–water partition coefficient (Wildman–Crippen LogP) is 2.22. The van der Waals surface area contributed by atoms with Crippen molar-refractivity contribution < 1.29 is 17.9 Å². The van der Waals surface area contributed by atoms with Crippen LogP contribution in [-0.4, -0.2) is 24.7 Å². The minimum absolute atomic E-state index is 0.0397. The molecular formula is C11H17F3N4O. The normalized spacial score (nSPS) is 11.4. The van der Waals surface area contributed by atoms with Crippen LogP contribution in [0.5, 0.6) is 0 Å². The van der Waals surface area contributed by atoms with Crippen molar-refractivity contribution in [3.8, 4) is 0 Å². The molecule has 108 valence electrons. The zero-order valence-corrected chi connectivity index (χ0v) is 10.5. The van der Waals surface area contributed by atoms with Gasteiger partial charge in [0, 0.05) is 19.8 Å². The summed E-state index contributed by atoms with van der Waals surface area (Å²) in [4.78, 5) is 3.90. The molecule has 0 aliphatic carbocycles. The number of hydrogen-bond donors (Lipinski definition) is 3. The molecule has 5 nitrogen and oxygen atoms in total. The minimum Gasteiger partial charge on any atom is -0.382 e. The molecule has 0 saturated heterocycles. The number of anilines is 2. The van der Waals surface area contributed by atoms with Crippen molar-refractivity contribution in [3.63, 3.8) is 0 Å². The fourth-order valence-electron chi connectivity index (χ4n) is 1.39. The molecule has 8 heteroatoms. The second-order valence-corrected chi connectivity index (χ2v) is 3.75. The number of nitrogens with two attached hydrogens (primary N) is 1. The summed E-state index contributed by atoms with van der Waals surface area (Å²) >= 11 is 0. The molecule has 0 saturated carbocycles. The molecule has 0 spiro atoms. The molecule has 19 heavy (non-hydrogen) atoms. The quantitative estimate of drug-likeness (QED) is 0.405. The van der Waals surface area contributed by atoms with Gasteiger partial charge in [0.05, 0.1) is 5.56 Å². The largest absolute Gasteiger partial charge is 0.416 e. The summed E-state index contributed by atoms with van der Waals surface area (Å²) in [6.07, 6.45) is -3.76. The molecule has 1 aromatic rings. The molecular weight excluding hydrogens is 261 g/mol. The SMILES string of the molecule is CCOCCCNc1cc(C(F)(F)F)cc(NN)n1. The van der Waals surface area contributed by atoms with E-state index in [-0.39, 0.29) is 11.6 Å². The molecule has 1 heterocycles. The summed E-state index contributed by atoms with van der Waals surface area (Å²) in [5.41, 5.74) is 1.31. The van der Waals surface area contributed by atoms with Crippen LogP contribution < -0.4 is 16.6 Å². The molecule has 0 unspecified atom stereocenters. The summed E-state index contributed by atoms with van der Waals surface area (Å²) in [5, 5.41) is 2.80. The Morgan fingerprint density at radius 2 is 2.00 bits per heavy atom. The number of ether oxygens (including phenoxy) is 1. The van der Waals surface area contributed by atoms with Gasteiger partial charge in [0.2, 0.25) is 0 Å². The number of alkyl halides is 3. The Labute approximate surface area is 109 Å². The first-order valence-corrected chi connectivity index (χ1v) is 5.85. The van der Waals surface area contributed by atoms with Crippen molar-refractivity contribution in [1.82, 2.24) is 4.98 Å². The fourth-order valence-corrected chi connectivity index (χ4v) is 1.39. The van der Waals surface area contributed by atoms with Crippen LogP contribution in [0.3, 0.4) is 0 Å². The Morgan fingerprint density at radius 1 is 1.32 bits per heavy atom. The van der Waals surface area contributed by atoms with E-state index >= 15 is 0 Å². The van der Waals surface area contributed by atoms with Crippen LogP contribution in [0, 0.1) is 0 Å². The minimum atomic E-state index is -4.43. The van der Waals surface area contributed by atoms with Crippen molar-refractivity contribution in [1.29, 1.82) is 0 Å². The highest BCUT2D eigenvalue weighted by Crippen LogP contribution is 2.31. The van der Waals surface area contributed by atoms with E-state index in [1.165, 1.54) is 0 Å². The maximum absolute atomic E-state index is 12.6. The van der Waals surface area contributed by atoms with Crippen LogP contribution in [0.1, 0.15) is 18.9 Å². The van der Waals surface area contributed by atoms with Gasteiger partial charge in [0.1, 0.15) is 11.6 Å². The second-order valence-electron chi connectivity index (χ2n) is 3.75. The molecule has 0 radical (unpaired) electrons. The molecule has 0 fully saturated rings. The summed E-state index contributed by atoms with van der Waals surface area (Å²) in [7, 11) is 0. The topological polar surface area (TPSA) is 72.2 Å². The lowest BCUT2D eigenvalue weighted by Crippen LogP contribution is -2.14. The maximum atomic E-state index is 12.6. The maximum Gasteiger partial charge on any atom is 0.416 e. The Hall–Kier alpha value is -1.54. The predicted molar refractivity (Wildman–Crippen MR) is 66.6 cm³/mol. The van der Waals surface area contributed by atoms with Gasteiger partial charge < -0.3 is 15.5 Å². The molecule has 0 aromatic carbocycles. The summed E-state index contributed by atoms with van der Waals surface area (Å²) < 4.78 is 43.0. The summed E-state index contributed by atoms with van der Waals surface area (Å²) in [6, 6.07) is 1.80. The highest BCUT2D eigenvalue weighted by Gasteiger charge is 2.31. The molecule has 1 aromatic heterocycles. The zero-order chi connectivity index (χ0) is 14.3. The van der Waals surface area contributed by atoms with Crippen molar-refractivity contribution in [2.75, 3.05) is 30.5 Å². The second kappa shape index (κ2) is 7.15. The van der Waals surface area contributed by atoms with Gasteiger partial charge in [-0.3, -0.25) is 0 Å². The van der Waals surface area contributed by atoms with Crippen molar-refractivity contribution in [2.45, 2.75) is 19.5 Å². The van der Waals surface area contributed by atoms with Gasteiger partial charge in [0.15, 0.2) is 0 Å². The van der Waals surface area contributed by atoms with Crippen LogP contribution in [0.25, 0.3) is 0 Å². The molecule has 0 aliphatic heterocycles. The summed E-state index contributed by atoms with van der Waals surface area (Å²) in [5.74, 6) is 5.18. The lowest BCUT2D eigenvalue weighted by atomic mass is 10.2. The Morgan fingerprint density at radius 3 is 2.58 bits per heavy atom. The van der Waals surface area contributed by atoms with E-state index in [1.54, 1.807) is 0 Å². The van der Waals surface area contributed by atoms with E-state index < -0.39 is 11.7 Å². The smallest absolute Gasteiger partial charge is 0.382 e. The Bertz CT molecular complexity index is 398. The molecule has 0 atom stereocenters. The van der Waals surface area contributed by atoms with Crippen LogP contribution >= 0.6 is 0 Å². The van der Waals surface area contributed by atoms with Gasteiger partial charge in [-0.1, -0.05) is 0 Å². The highest BCUT2D eigenvalue weighted by atomic mass is 19.4. The lowest BCUT2D eigenvalue weighted by molar-refractivity contribution is -0.137. The number of nitrogen functional groups attached to an aromatic ring is 1.